The minimum Gasteiger partial charge on any atom is -0.309 e. The fourth-order valence-corrected chi connectivity index (χ4v) is 4.04. The van der Waals surface area contributed by atoms with Gasteiger partial charge in [0.05, 0.1) is 9.83 Å². The van der Waals surface area contributed by atoms with E-state index in [-0.39, 0.29) is 11.9 Å². The van der Waals surface area contributed by atoms with Crippen LogP contribution in [0.4, 0.5) is 4.39 Å². The maximum atomic E-state index is 14.0. The van der Waals surface area contributed by atoms with Gasteiger partial charge in [0.15, 0.2) is 0 Å². The first-order chi connectivity index (χ1) is 8.52. The van der Waals surface area contributed by atoms with Crippen molar-refractivity contribution in [2.45, 2.75) is 13.0 Å². The summed E-state index contributed by atoms with van der Waals surface area (Å²) in [6.07, 6.45) is 0. The van der Waals surface area contributed by atoms with Crippen molar-refractivity contribution >= 4 is 43.2 Å². The quantitative estimate of drug-likeness (QED) is 0.772. The fraction of sp³-hybridized carbons (Fsp3) is 0.231. The van der Waals surface area contributed by atoms with Crippen molar-refractivity contribution < 1.29 is 4.39 Å². The zero-order chi connectivity index (χ0) is 13.3. The van der Waals surface area contributed by atoms with Crippen LogP contribution in [0.5, 0.6) is 0 Å². The molecule has 2 aromatic rings. The predicted molar refractivity (Wildman–Crippen MR) is 81.8 cm³/mol. The standard InChI is InChI=1S/C13H12Br2FNS/c1-7-10(6-12(15)18-7)13(17-2)9-4-3-8(14)5-11(9)16/h3-6,13,17H,1-2H3. The van der Waals surface area contributed by atoms with Crippen LogP contribution in [0.25, 0.3) is 0 Å². The maximum Gasteiger partial charge on any atom is 0.129 e. The lowest BCUT2D eigenvalue weighted by Gasteiger charge is -2.17. The van der Waals surface area contributed by atoms with E-state index in [9.17, 15) is 4.39 Å². The number of rotatable bonds is 3. The maximum absolute atomic E-state index is 14.0. The van der Waals surface area contributed by atoms with Gasteiger partial charge in [0.1, 0.15) is 5.82 Å². The molecule has 0 spiro atoms. The summed E-state index contributed by atoms with van der Waals surface area (Å²) >= 11 is 8.41. The number of aryl methyl sites for hydroxylation is 1. The number of hydrogen-bond acceptors (Lipinski definition) is 2. The van der Waals surface area contributed by atoms with Gasteiger partial charge >= 0.3 is 0 Å². The van der Waals surface area contributed by atoms with Gasteiger partial charge in [-0.1, -0.05) is 22.0 Å². The van der Waals surface area contributed by atoms with Gasteiger partial charge in [-0.25, -0.2) is 4.39 Å². The van der Waals surface area contributed by atoms with Crippen LogP contribution in [0.15, 0.2) is 32.5 Å². The Morgan fingerprint density at radius 1 is 1.22 bits per heavy atom. The fourth-order valence-electron chi connectivity index (χ4n) is 1.96. The summed E-state index contributed by atoms with van der Waals surface area (Å²) < 4.78 is 15.8. The Bertz CT molecular complexity index is 568. The molecule has 0 saturated carbocycles. The lowest BCUT2D eigenvalue weighted by molar-refractivity contribution is 0.575. The lowest BCUT2D eigenvalue weighted by atomic mass is 9.99. The van der Waals surface area contributed by atoms with Crippen LogP contribution >= 0.6 is 43.2 Å². The zero-order valence-electron chi connectivity index (χ0n) is 9.93. The molecule has 1 aromatic carbocycles. The molecule has 0 fully saturated rings. The summed E-state index contributed by atoms with van der Waals surface area (Å²) in [5, 5.41) is 3.18. The first-order valence-corrected chi connectivity index (χ1v) is 7.81. The van der Waals surface area contributed by atoms with Crippen molar-refractivity contribution in [3.05, 3.63) is 54.3 Å². The summed E-state index contributed by atoms with van der Waals surface area (Å²) in [5.74, 6) is -0.203. The highest BCUT2D eigenvalue weighted by atomic mass is 79.9. The second-order valence-corrected chi connectivity index (χ2v) is 7.50. The topological polar surface area (TPSA) is 12.0 Å². The molecule has 1 atom stereocenters. The monoisotopic (exact) mass is 391 g/mol. The van der Waals surface area contributed by atoms with Crippen LogP contribution in [-0.4, -0.2) is 7.05 Å². The molecule has 0 bridgehead atoms. The molecule has 1 unspecified atom stereocenters. The van der Waals surface area contributed by atoms with E-state index in [1.165, 1.54) is 10.9 Å². The van der Waals surface area contributed by atoms with Crippen molar-refractivity contribution in [2.75, 3.05) is 7.05 Å². The first-order valence-electron chi connectivity index (χ1n) is 5.41. The molecule has 1 N–H and O–H groups in total. The summed E-state index contributed by atoms with van der Waals surface area (Å²) in [7, 11) is 1.84. The van der Waals surface area contributed by atoms with E-state index < -0.39 is 0 Å². The smallest absolute Gasteiger partial charge is 0.129 e. The minimum atomic E-state index is -0.203. The largest absolute Gasteiger partial charge is 0.309 e. The summed E-state index contributed by atoms with van der Waals surface area (Å²) in [6, 6.07) is 7.09. The Morgan fingerprint density at radius 2 is 1.94 bits per heavy atom. The van der Waals surface area contributed by atoms with E-state index in [1.807, 2.05) is 32.2 Å². The third kappa shape index (κ3) is 2.85. The van der Waals surface area contributed by atoms with E-state index >= 15 is 0 Å². The molecule has 0 aliphatic carbocycles. The Hall–Kier alpha value is -0.230. The van der Waals surface area contributed by atoms with Crippen LogP contribution in [-0.2, 0) is 0 Å². The van der Waals surface area contributed by atoms with E-state index in [4.69, 9.17) is 0 Å². The van der Waals surface area contributed by atoms with Gasteiger partial charge in [0, 0.05) is 14.9 Å². The van der Waals surface area contributed by atoms with Gasteiger partial charge in [-0.15, -0.1) is 11.3 Å². The van der Waals surface area contributed by atoms with Gasteiger partial charge in [-0.2, -0.15) is 0 Å². The second-order valence-electron chi connectivity index (χ2n) is 3.95. The van der Waals surface area contributed by atoms with Crippen molar-refractivity contribution in [2.24, 2.45) is 0 Å². The number of hydrogen-bond donors (Lipinski definition) is 1. The average molecular weight is 393 g/mol. The summed E-state index contributed by atoms with van der Waals surface area (Å²) in [6.45, 7) is 2.05. The Balaban J connectivity index is 2.48. The lowest BCUT2D eigenvalue weighted by Crippen LogP contribution is -2.19. The van der Waals surface area contributed by atoms with Crippen molar-refractivity contribution in [3.63, 3.8) is 0 Å². The van der Waals surface area contributed by atoms with Crippen molar-refractivity contribution in [1.29, 1.82) is 0 Å². The second kappa shape index (κ2) is 5.82. The van der Waals surface area contributed by atoms with Crippen LogP contribution in [0, 0.1) is 12.7 Å². The number of halogens is 3. The third-order valence-electron chi connectivity index (χ3n) is 2.80. The van der Waals surface area contributed by atoms with Gasteiger partial charge < -0.3 is 5.32 Å². The molecule has 0 amide bonds. The van der Waals surface area contributed by atoms with Crippen LogP contribution in [0.3, 0.4) is 0 Å². The van der Waals surface area contributed by atoms with Gasteiger partial charge in [0.2, 0.25) is 0 Å². The highest BCUT2D eigenvalue weighted by Crippen LogP contribution is 2.34. The van der Waals surface area contributed by atoms with Crippen LogP contribution in [0.2, 0.25) is 0 Å². The predicted octanol–water partition coefficient (Wildman–Crippen LogP) is 5.03. The SMILES string of the molecule is CNC(c1ccc(Br)cc1F)c1cc(Br)sc1C. The highest BCUT2D eigenvalue weighted by molar-refractivity contribution is 9.11. The van der Waals surface area contributed by atoms with Crippen molar-refractivity contribution in [1.82, 2.24) is 5.32 Å². The molecule has 0 radical (unpaired) electrons. The molecule has 1 heterocycles. The molecule has 0 aliphatic heterocycles. The van der Waals surface area contributed by atoms with Crippen LogP contribution in [0.1, 0.15) is 22.0 Å². The van der Waals surface area contributed by atoms with Crippen molar-refractivity contribution in [3.8, 4) is 0 Å². The molecule has 96 valence electrons. The number of benzene rings is 1. The van der Waals surface area contributed by atoms with E-state index in [1.54, 1.807) is 11.3 Å². The average Bonchev–Trinajstić information content (AvgIpc) is 2.62. The molecule has 0 saturated heterocycles. The van der Waals surface area contributed by atoms with E-state index in [2.05, 4.69) is 37.2 Å². The number of thiophene rings is 1. The Labute approximate surface area is 127 Å². The summed E-state index contributed by atoms with van der Waals surface area (Å²) in [5.41, 5.74) is 1.77. The van der Waals surface area contributed by atoms with Crippen LogP contribution < -0.4 is 5.32 Å². The summed E-state index contributed by atoms with van der Waals surface area (Å²) in [4.78, 5) is 1.18. The van der Waals surface area contributed by atoms with Gasteiger partial charge in [-0.3, -0.25) is 0 Å². The molecular formula is C13H12Br2FNS. The molecular weight excluding hydrogens is 381 g/mol. The van der Waals surface area contributed by atoms with E-state index in [0.29, 0.717) is 5.56 Å². The molecule has 5 heteroatoms. The zero-order valence-corrected chi connectivity index (χ0v) is 13.9. The van der Waals surface area contributed by atoms with E-state index in [0.717, 1.165) is 13.8 Å². The minimum absolute atomic E-state index is 0.124. The first kappa shape index (κ1) is 14.2. The number of nitrogens with one attached hydrogen (secondary N) is 1. The molecule has 1 nitrogen and oxygen atoms in total. The normalized spacial score (nSPS) is 12.7. The highest BCUT2D eigenvalue weighted by Gasteiger charge is 2.19. The van der Waals surface area contributed by atoms with Gasteiger partial charge in [-0.05, 0) is 53.7 Å². The molecule has 0 aliphatic rings. The molecule has 2 rings (SSSR count). The Kier molecular flexibility index (Phi) is 4.59. The Morgan fingerprint density at radius 3 is 2.44 bits per heavy atom. The molecule has 18 heavy (non-hydrogen) atoms. The molecule has 1 aromatic heterocycles. The third-order valence-corrected chi connectivity index (χ3v) is 4.86. The van der Waals surface area contributed by atoms with Gasteiger partial charge in [0.25, 0.3) is 0 Å².